The van der Waals surface area contributed by atoms with Crippen molar-refractivity contribution in [3.63, 3.8) is 0 Å². The topological polar surface area (TPSA) is 145 Å². The standard InChI is InChI=1S/C49H59FN10O3/c1-31-29-60(43-11-9-38(26-41(43)50)54-42-10-13-46(61)55-48(42)62)25-24-59(31)30-33-15-20-58(21-16-33)49(63)36-6-4-34(5-7-36)35-17-22-57(23-18-35)32(2)44-27-40-39(14-19-52-47(40)56(44)3)37-8-12-45(51)53-28-37/h4-9,11-12,14,19,26-28,31-33,35,42,54H,10,13,15-18,20-25,29-30H2,1-3H3,(H2,51,53)(H,55,61,62)/t31-,32+,42?/m1/s1. The smallest absolute Gasteiger partial charge is 0.253 e. The number of halogens is 1. The largest absolute Gasteiger partial charge is 0.384 e. The van der Waals surface area contributed by atoms with Crippen molar-refractivity contribution in [1.82, 2.24) is 34.6 Å². The quantitative estimate of drug-likeness (QED) is 0.132. The lowest BCUT2D eigenvalue weighted by Gasteiger charge is -2.43. The fraction of sp³-hybridized carbons (Fsp3) is 0.449. The van der Waals surface area contributed by atoms with Gasteiger partial charge in [0.15, 0.2) is 0 Å². The second-order valence-electron chi connectivity index (χ2n) is 18.1. The van der Waals surface area contributed by atoms with Crippen molar-refractivity contribution in [2.75, 3.05) is 68.3 Å². The monoisotopic (exact) mass is 854 g/mol. The summed E-state index contributed by atoms with van der Waals surface area (Å²) in [5, 5.41) is 6.52. The molecule has 63 heavy (non-hydrogen) atoms. The first-order chi connectivity index (χ1) is 30.5. The van der Waals surface area contributed by atoms with E-state index in [1.165, 1.54) is 17.3 Å². The number of nitrogens with two attached hydrogens (primary N) is 1. The van der Waals surface area contributed by atoms with Gasteiger partial charge in [-0.3, -0.25) is 29.5 Å². The van der Waals surface area contributed by atoms with Crippen LogP contribution in [0.5, 0.6) is 0 Å². The van der Waals surface area contributed by atoms with Gasteiger partial charge in [0.1, 0.15) is 23.3 Å². The van der Waals surface area contributed by atoms with E-state index in [2.05, 4.69) is 74.0 Å². The fourth-order valence-corrected chi connectivity index (χ4v) is 10.4. The van der Waals surface area contributed by atoms with Crippen molar-refractivity contribution in [2.24, 2.45) is 13.0 Å². The van der Waals surface area contributed by atoms with Crippen LogP contribution in [-0.4, -0.2) is 111 Å². The molecular formula is C49H59FN10O3. The maximum atomic E-state index is 15.4. The number of nitrogens with one attached hydrogen (secondary N) is 2. The summed E-state index contributed by atoms with van der Waals surface area (Å²) in [5.74, 6) is 0.616. The first-order valence-corrected chi connectivity index (χ1v) is 22.7. The molecule has 0 spiro atoms. The van der Waals surface area contributed by atoms with Gasteiger partial charge in [-0.2, -0.15) is 0 Å². The van der Waals surface area contributed by atoms with E-state index in [4.69, 9.17) is 10.7 Å². The highest BCUT2D eigenvalue weighted by Crippen LogP contribution is 2.36. The van der Waals surface area contributed by atoms with Crippen LogP contribution >= 0.6 is 0 Å². The summed E-state index contributed by atoms with van der Waals surface area (Å²) in [6, 6.07) is 21.5. The highest BCUT2D eigenvalue weighted by molar-refractivity contribution is 6.01. The Morgan fingerprint density at radius 3 is 2.40 bits per heavy atom. The number of aromatic nitrogens is 3. The number of pyridine rings is 2. The number of amides is 3. The summed E-state index contributed by atoms with van der Waals surface area (Å²) in [6.07, 6.45) is 8.43. The Hall–Kier alpha value is -5.86. The van der Waals surface area contributed by atoms with Gasteiger partial charge in [-0.15, -0.1) is 0 Å². The predicted molar refractivity (Wildman–Crippen MR) is 245 cm³/mol. The molecule has 3 aromatic heterocycles. The Morgan fingerprint density at radius 1 is 0.921 bits per heavy atom. The molecule has 4 aliphatic heterocycles. The van der Waals surface area contributed by atoms with Gasteiger partial charge in [0.25, 0.3) is 5.91 Å². The Morgan fingerprint density at radius 2 is 1.70 bits per heavy atom. The van der Waals surface area contributed by atoms with Crippen LogP contribution in [0.4, 0.5) is 21.6 Å². The molecule has 4 N–H and O–H groups in total. The van der Waals surface area contributed by atoms with Crippen molar-refractivity contribution >= 4 is 45.9 Å². The molecule has 1 unspecified atom stereocenters. The zero-order valence-corrected chi connectivity index (χ0v) is 36.6. The van der Waals surface area contributed by atoms with Crippen LogP contribution in [0, 0.1) is 11.7 Å². The van der Waals surface area contributed by atoms with Gasteiger partial charge in [0.2, 0.25) is 11.8 Å². The van der Waals surface area contributed by atoms with Gasteiger partial charge < -0.3 is 25.4 Å². The number of anilines is 3. The maximum absolute atomic E-state index is 15.4. The molecule has 0 radical (unpaired) electrons. The average Bonchev–Trinajstić information content (AvgIpc) is 3.64. The summed E-state index contributed by atoms with van der Waals surface area (Å²) in [5.41, 5.74) is 13.4. The van der Waals surface area contributed by atoms with Crippen LogP contribution < -0.4 is 21.3 Å². The van der Waals surface area contributed by atoms with Crippen LogP contribution in [-0.2, 0) is 16.6 Å². The van der Waals surface area contributed by atoms with Gasteiger partial charge in [0.05, 0.1) is 5.69 Å². The number of aryl methyl sites for hydroxylation is 1. The molecule has 5 aromatic rings. The van der Waals surface area contributed by atoms with Crippen molar-refractivity contribution in [1.29, 1.82) is 0 Å². The highest BCUT2D eigenvalue weighted by atomic mass is 19.1. The van der Waals surface area contributed by atoms with Gasteiger partial charge in [-0.25, -0.2) is 14.4 Å². The van der Waals surface area contributed by atoms with Crippen LogP contribution in [0.2, 0.25) is 0 Å². The molecule has 330 valence electrons. The third-order valence-corrected chi connectivity index (χ3v) is 14.2. The number of fused-ring (bicyclic) bond motifs is 1. The summed E-state index contributed by atoms with van der Waals surface area (Å²) < 4.78 is 17.6. The van der Waals surface area contributed by atoms with E-state index in [0.717, 1.165) is 106 Å². The number of benzene rings is 2. The molecule has 9 rings (SSSR count). The lowest BCUT2D eigenvalue weighted by Crippen LogP contribution is -2.54. The number of hydrogen-bond acceptors (Lipinski definition) is 10. The molecule has 14 heteroatoms. The number of nitrogens with zero attached hydrogens (tertiary/aromatic N) is 7. The molecule has 7 heterocycles. The molecule has 0 aliphatic carbocycles. The Balaban J connectivity index is 0.726. The molecule has 13 nitrogen and oxygen atoms in total. The number of piperidine rings is 3. The minimum atomic E-state index is -0.554. The normalized spacial score (nSPS) is 21.5. The number of hydrogen-bond donors (Lipinski definition) is 3. The minimum Gasteiger partial charge on any atom is -0.384 e. The number of carbonyl (C=O) groups is 3. The van der Waals surface area contributed by atoms with Gasteiger partial charge in [-0.1, -0.05) is 12.1 Å². The maximum Gasteiger partial charge on any atom is 0.253 e. The highest BCUT2D eigenvalue weighted by Gasteiger charge is 2.32. The SMILES string of the molecule is C[C@@H]1CN(c2ccc(NC3CCC(=O)NC3=O)cc2F)CCN1CC1CCN(C(=O)c2ccc(C3CCN([C@@H](C)c4cc5c(-c6ccc(N)nc6)ccnc5n4C)CC3)cc2)CC1. The van der Waals surface area contributed by atoms with Crippen molar-refractivity contribution < 1.29 is 18.8 Å². The number of imide groups is 1. The fourth-order valence-electron chi connectivity index (χ4n) is 10.4. The minimum absolute atomic E-state index is 0.117. The number of likely N-dealkylation sites (tertiary alicyclic amines) is 2. The molecule has 2 aromatic carbocycles. The number of carbonyl (C=O) groups excluding carboxylic acids is 3. The second-order valence-corrected chi connectivity index (χ2v) is 18.1. The first kappa shape index (κ1) is 42.4. The first-order valence-electron chi connectivity index (χ1n) is 22.7. The Labute approximate surface area is 368 Å². The van der Waals surface area contributed by atoms with Crippen LogP contribution in [0.25, 0.3) is 22.2 Å². The van der Waals surface area contributed by atoms with Crippen molar-refractivity contribution in [2.45, 2.75) is 76.4 Å². The third-order valence-electron chi connectivity index (χ3n) is 14.2. The van der Waals surface area contributed by atoms with E-state index in [-0.39, 0.29) is 42.0 Å². The number of piperazine rings is 1. The number of rotatable bonds is 10. The van der Waals surface area contributed by atoms with Gasteiger partial charge in [0, 0.05) is 105 Å². The summed E-state index contributed by atoms with van der Waals surface area (Å²) in [4.78, 5) is 55.6. The lowest BCUT2D eigenvalue weighted by molar-refractivity contribution is -0.133. The third kappa shape index (κ3) is 9.01. The summed E-state index contributed by atoms with van der Waals surface area (Å²) in [6.45, 7) is 11.3. The molecule has 0 bridgehead atoms. The summed E-state index contributed by atoms with van der Waals surface area (Å²) >= 11 is 0. The summed E-state index contributed by atoms with van der Waals surface area (Å²) in [7, 11) is 2.11. The van der Waals surface area contributed by atoms with Crippen LogP contribution in [0.3, 0.4) is 0 Å². The van der Waals surface area contributed by atoms with E-state index in [1.807, 2.05) is 47.6 Å². The van der Waals surface area contributed by atoms with E-state index in [9.17, 15) is 14.4 Å². The van der Waals surface area contributed by atoms with Crippen LogP contribution in [0.15, 0.2) is 79.1 Å². The Kier molecular flexibility index (Phi) is 12.2. The zero-order valence-electron chi connectivity index (χ0n) is 36.6. The predicted octanol–water partition coefficient (Wildman–Crippen LogP) is 6.58. The van der Waals surface area contributed by atoms with E-state index in [1.54, 1.807) is 12.1 Å². The van der Waals surface area contributed by atoms with Gasteiger partial charge >= 0.3 is 0 Å². The number of nitrogen functional groups attached to an aromatic ring is 1. The molecule has 4 fully saturated rings. The lowest BCUT2D eigenvalue weighted by atomic mass is 9.88. The van der Waals surface area contributed by atoms with Gasteiger partial charge in [-0.05, 0) is 137 Å². The van der Waals surface area contributed by atoms with Crippen LogP contribution in [0.1, 0.15) is 85.9 Å². The Bertz CT molecular complexity index is 2460. The zero-order chi connectivity index (χ0) is 43.8. The molecule has 3 amide bonds. The second kappa shape index (κ2) is 18.1. The molecule has 4 saturated heterocycles. The van der Waals surface area contributed by atoms with Crippen molar-refractivity contribution in [3.8, 4) is 11.1 Å². The molecule has 3 atom stereocenters. The van der Waals surface area contributed by atoms with E-state index >= 15 is 4.39 Å². The van der Waals surface area contributed by atoms with Crippen molar-refractivity contribution in [3.05, 3.63) is 102 Å². The average molecular weight is 855 g/mol. The molecule has 0 saturated carbocycles. The molecule has 4 aliphatic rings. The molecular weight excluding hydrogens is 796 g/mol. The van der Waals surface area contributed by atoms with E-state index < -0.39 is 6.04 Å². The van der Waals surface area contributed by atoms with E-state index in [0.29, 0.717) is 35.4 Å².